The van der Waals surface area contributed by atoms with E-state index in [-0.39, 0.29) is 0 Å². The fourth-order valence-electron chi connectivity index (χ4n) is 2.22. The Balaban J connectivity index is 2.39. The highest BCUT2D eigenvalue weighted by atomic mass is 16.5. The molecule has 5 nitrogen and oxygen atoms in total. The van der Waals surface area contributed by atoms with Crippen LogP contribution in [-0.2, 0) is 14.9 Å². The van der Waals surface area contributed by atoms with Gasteiger partial charge in [0.15, 0.2) is 6.10 Å². The van der Waals surface area contributed by atoms with Gasteiger partial charge < -0.3 is 9.84 Å². The summed E-state index contributed by atoms with van der Waals surface area (Å²) in [4.78, 5) is 19.5. The maximum atomic E-state index is 11.1. The number of methoxy groups -OCH3 is 1. The molecule has 1 aromatic heterocycles. The Morgan fingerprint density at radius 3 is 2.56 bits per heavy atom. The van der Waals surface area contributed by atoms with Crippen LogP contribution in [0.25, 0.3) is 0 Å². The highest BCUT2D eigenvalue weighted by Crippen LogP contribution is 2.51. The molecule has 1 unspecified atom stereocenters. The zero-order chi connectivity index (χ0) is 11.8. The molecule has 86 valence electrons. The zero-order valence-electron chi connectivity index (χ0n) is 9.30. The Labute approximate surface area is 93.5 Å². The van der Waals surface area contributed by atoms with E-state index in [4.69, 9.17) is 9.84 Å². The molecule has 1 saturated carbocycles. The molecule has 0 bridgehead atoms. The second-order valence-electron chi connectivity index (χ2n) is 4.10. The summed E-state index contributed by atoms with van der Waals surface area (Å²) in [6, 6.07) is 0. The molecule has 1 aliphatic rings. The fraction of sp³-hybridized carbons (Fsp3) is 0.545. The van der Waals surface area contributed by atoms with E-state index in [0.717, 1.165) is 24.2 Å². The van der Waals surface area contributed by atoms with Gasteiger partial charge in [-0.1, -0.05) is 0 Å². The Bertz CT molecular complexity index is 415. The van der Waals surface area contributed by atoms with E-state index in [1.54, 1.807) is 12.4 Å². The predicted molar refractivity (Wildman–Crippen MR) is 56.1 cm³/mol. The lowest BCUT2D eigenvalue weighted by Crippen LogP contribution is -2.37. The summed E-state index contributed by atoms with van der Waals surface area (Å²) in [6.07, 6.45) is 3.95. The van der Waals surface area contributed by atoms with Crippen molar-refractivity contribution in [1.29, 1.82) is 0 Å². The average Bonchev–Trinajstić information content (AvgIpc) is 3.00. The molecule has 1 heterocycles. The summed E-state index contributed by atoms with van der Waals surface area (Å²) < 4.78 is 5.08. The number of hydrogen-bond donors (Lipinski definition) is 1. The van der Waals surface area contributed by atoms with Crippen molar-refractivity contribution in [3.63, 3.8) is 0 Å². The SMILES string of the molecule is COC(C(=O)O)C1(c2nccnc2C)CC1. The van der Waals surface area contributed by atoms with Gasteiger partial charge in [-0.2, -0.15) is 0 Å². The summed E-state index contributed by atoms with van der Waals surface area (Å²) in [5.74, 6) is -0.940. The fourth-order valence-corrected chi connectivity index (χ4v) is 2.22. The lowest BCUT2D eigenvalue weighted by atomic mass is 9.93. The summed E-state index contributed by atoms with van der Waals surface area (Å²) >= 11 is 0. The first-order valence-corrected chi connectivity index (χ1v) is 5.15. The quantitative estimate of drug-likeness (QED) is 0.820. The van der Waals surface area contributed by atoms with E-state index < -0.39 is 17.5 Å². The lowest BCUT2D eigenvalue weighted by Gasteiger charge is -2.22. The zero-order valence-corrected chi connectivity index (χ0v) is 9.30. The predicted octanol–water partition coefficient (Wildman–Crippen LogP) is 0.916. The molecule has 0 aliphatic heterocycles. The Kier molecular flexibility index (Phi) is 2.63. The molecule has 0 spiro atoms. The van der Waals surface area contributed by atoms with Crippen LogP contribution in [0.3, 0.4) is 0 Å². The van der Waals surface area contributed by atoms with E-state index >= 15 is 0 Å². The number of carboxylic acids is 1. The first-order valence-electron chi connectivity index (χ1n) is 5.15. The smallest absolute Gasteiger partial charge is 0.333 e. The van der Waals surface area contributed by atoms with Gasteiger partial charge in [0.05, 0.1) is 16.8 Å². The molecule has 1 N–H and O–H groups in total. The van der Waals surface area contributed by atoms with Crippen molar-refractivity contribution in [2.75, 3.05) is 7.11 Å². The molecule has 5 heteroatoms. The number of carboxylic acid groups (broad SMARTS) is 1. The van der Waals surface area contributed by atoms with Crippen molar-refractivity contribution < 1.29 is 14.6 Å². The highest BCUT2D eigenvalue weighted by Gasteiger charge is 2.56. The summed E-state index contributed by atoms with van der Waals surface area (Å²) in [6.45, 7) is 1.84. The molecule has 1 atom stereocenters. The van der Waals surface area contributed by atoms with Crippen LogP contribution in [0.5, 0.6) is 0 Å². The average molecular weight is 222 g/mol. The van der Waals surface area contributed by atoms with Crippen LogP contribution in [-0.4, -0.2) is 34.3 Å². The van der Waals surface area contributed by atoms with Crippen LogP contribution in [0.1, 0.15) is 24.2 Å². The molecule has 1 fully saturated rings. The number of aliphatic carboxylic acids is 1. The summed E-state index contributed by atoms with van der Waals surface area (Å²) in [5.41, 5.74) is 1.06. The van der Waals surface area contributed by atoms with Gasteiger partial charge in [-0.25, -0.2) is 4.79 Å². The van der Waals surface area contributed by atoms with Crippen molar-refractivity contribution in [2.45, 2.75) is 31.3 Å². The number of nitrogens with zero attached hydrogens (tertiary/aromatic N) is 2. The standard InChI is InChI=1S/C11H14N2O3/c1-7-8(13-6-5-12-7)11(3-4-11)9(16-2)10(14)15/h5-6,9H,3-4H2,1-2H3,(H,14,15). The van der Waals surface area contributed by atoms with Gasteiger partial charge in [0.1, 0.15) is 0 Å². The van der Waals surface area contributed by atoms with Gasteiger partial charge in [0.2, 0.25) is 0 Å². The van der Waals surface area contributed by atoms with Crippen molar-refractivity contribution in [3.05, 3.63) is 23.8 Å². The van der Waals surface area contributed by atoms with Gasteiger partial charge in [-0.3, -0.25) is 9.97 Å². The van der Waals surface area contributed by atoms with E-state index in [1.165, 1.54) is 7.11 Å². The minimum absolute atomic E-state index is 0.473. The molecule has 0 radical (unpaired) electrons. The second kappa shape index (κ2) is 3.83. The van der Waals surface area contributed by atoms with Crippen LogP contribution >= 0.6 is 0 Å². The van der Waals surface area contributed by atoms with Crippen LogP contribution in [0, 0.1) is 6.92 Å². The first-order chi connectivity index (χ1) is 7.62. The number of ether oxygens (including phenoxy) is 1. The van der Waals surface area contributed by atoms with Crippen molar-refractivity contribution in [3.8, 4) is 0 Å². The van der Waals surface area contributed by atoms with Gasteiger partial charge in [-0.15, -0.1) is 0 Å². The number of hydrogen-bond acceptors (Lipinski definition) is 4. The molecular weight excluding hydrogens is 208 g/mol. The third-order valence-corrected chi connectivity index (χ3v) is 3.10. The molecule has 16 heavy (non-hydrogen) atoms. The molecule has 0 amide bonds. The van der Waals surface area contributed by atoms with Crippen LogP contribution in [0.4, 0.5) is 0 Å². The molecular formula is C11H14N2O3. The second-order valence-corrected chi connectivity index (χ2v) is 4.10. The van der Waals surface area contributed by atoms with Crippen LogP contribution < -0.4 is 0 Å². The minimum Gasteiger partial charge on any atom is -0.479 e. The van der Waals surface area contributed by atoms with Crippen LogP contribution in [0.15, 0.2) is 12.4 Å². The Morgan fingerprint density at radius 2 is 2.12 bits per heavy atom. The van der Waals surface area contributed by atoms with Crippen molar-refractivity contribution in [2.24, 2.45) is 0 Å². The number of aromatic nitrogens is 2. The molecule has 0 aromatic carbocycles. The molecule has 2 rings (SSSR count). The number of carbonyl (C=O) groups is 1. The highest BCUT2D eigenvalue weighted by molar-refractivity contribution is 5.76. The Hall–Kier alpha value is -1.49. The van der Waals surface area contributed by atoms with Crippen molar-refractivity contribution >= 4 is 5.97 Å². The Morgan fingerprint density at radius 1 is 1.50 bits per heavy atom. The van der Waals surface area contributed by atoms with E-state index in [0.29, 0.717) is 0 Å². The largest absolute Gasteiger partial charge is 0.479 e. The maximum absolute atomic E-state index is 11.1. The van der Waals surface area contributed by atoms with Crippen LogP contribution in [0.2, 0.25) is 0 Å². The van der Waals surface area contributed by atoms with E-state index in [1.807, 2.05) is 6.92 Å². The van der Waals surface area contributed by atoms with Gasteiger partial charge in [0.25, 0.3) is 0 Å². The monoisotopic (exact) mass is 222 g/mol. The van der Waals surface area contributed by atoms with Gasteiger partial charge >= 0.3 is 5.97 Å². The third kappa shape index (κ3) is 1.57. The normalized spacial score (nSPS) is 19.1. The molecule has 1 aliphatic carbocycles. The first kappa shape index (κ1) is 11.0. The summed E-state index contributed by atoms with van der Waals surface area (Å²) in [5, 5.41) is 9.13. The molecule has 0 saturated heterocycles. The number of aryl methyl sites for hydroxylation is 1. The minimum atomic E-state index is -0.940. The molecule has 1 aromatic rings. The van der Waals surface area contributed by atoms with Gasteiger partial charge in [0, 0.05) is 19.5 Å². The topological polar surface area (TPSA) is 72.3 Å². The van der Waals surface area contributed by atoms with Gasteiger partial charge in [-0.05, 0) is 19.8 Å². The van der Waals surface area contributed by atoms with Crippen molar-refractivity contribution in [1.82, 2.24) is 9.97 Å². The van der Waals surface area contributed by atoms with E-state index in [9.17, 15) is 4.79 Å². The maximum Gasteiger partial charge on any atom is 0.333 e. The third-order valence-electron chi connectivity index (χ3n) is 3.10. The summed E-state index contributed by atoms with van der Waals surface area (Å²) in [7, 11) is 1.42. The van der Waals surface area contributed by atoms with E-state index in [2.05, 4.69) is 9.97 Å². The number of rotatable bonds is 4. The lowest BCUT2D eigenvalue weighted by molar-refractivity contribution is -0.150.